The highest BCUT2D eigenvalue weighted by Crippen LogP contribution is 1.87. The van der Waals surface area contributed by atoms with Crippen LogP contribution in [0.4, 0.5) is 0 Å². The maximum Gasteiger partial charge on any atom is 0.208 e. The molecule has 0 bridgehead atoms. The van der Waals surface area contributed by atoms with Gasteiger partial charge in [-0.25, -0.2) is 0 Å². The second kappa shape index (κ2) is 7.54. The molecule has 0 fully saturated rings. The number of carbonyl (C=O) groups is 1. The van der Waals surface area contributed by atoms with Gasteiger partial charge in [0, 0.05) is 0 Å². The zero-order valence-electron chi connectivity index (χ0n) is 7.39. The number of rotatable bonds is 7. The second-order valence-corrected chi connectivity index (χ2v) is 2.55. The van der Waals surface area contributed by atoms with E-state index in [-0.39, 0.29) is 6.17 Å². The van der Waals surface area contributed by atoms with E-state index < -0.39 is 0 Å². The maximum absolute atomic E-state index is 10.1. The first-order valence-electron chi connectivity index (χ1n) is 4.28. The minimum Gasteiger partial charge on any atom is -0.343 e. The Bertz CT molecular complexity index is 96.1. The molecule has 0 rings (SSSR count). The van der Waals surface area contributed by atoms with Crippen LogP contribution in [0, 0.1) is 0 Å². The lowest BCUT2D eigenvalue weighted by molar-refractivity contribution is -0.110. The first-order chi connectivity index (χ1) is 5.35. The van der Waals surface area contributed by atoms with Gasteiger partial charge in [-0.05, 0) is 19.4 Å². The molecule has 0 aromatic rings. The fourth-order valence-electron chi connectivity index (χ4n) is 0.856. The highest BCUT2D eigenvalue weighted by Gasteiger charge is 2.00. The number of hydrogen-bond donors (Lipinski definition) is 2. The molecule has 66 valence electrons. The van der Waals surface area contributed by atoms with Crippen LogP contribution in [0.1, 0.15) is 33.1 Å². The van der Waals surface area contributed by atoms with Crippen molar-refractivity contribution in [1.29, 1.82) is 0 Å². The fourth-order valence-corrected chi connectivity index (χ4v) is 0.856. The third kappa shape index (κ3) is 5.85. The molecule has 0 radical (unpaired) electrons. The number of hydrogen-bond acceptors (Lipinski definition) is 2. The van der Waals surface area contributed by atoms with E-state index in [1.165, 1.54) is 6.42 Å². The molecule has 0 spiro atoms. The molecule has 2 N–H and O–H groups in total. The Kier molecular flexibility index (Phi) is 7.15. The summed E-state index contributed by atoms with van der Waals surface area (Å²) in [6.07, 6.45) is 4.18. The van der Waals surface area contributed by atoms with Crippen molar-refractivity contribution >= 4 is 6.41 Å². The molecule has 0 aliphatic heterocycles. The third-order valence-electron chi connectivity index (χ3n) is 1.60. The van der Waals surface area contributed by atoms with Gasteiger partial charge >= 0.3 is 0 Å². The molecular weight excluding hydrogens is 140 g/mol. The van der Waals surface area contributed by atoms with Crippen molar-refractivity contribution in [1.82, 2.24) is 10.6 Å². The highest BCUT2D eigenvalue weighted by molar-refractivity contribution is 5.46. The summed E-state index contributed by atoms with van der Waals surface area (Å²) in [6.45, 7) is 5.17. The molecule has 11 heavy (non-hydrogen) atoms. The van der Waals surface area contributed by atoms with Crippen molar-refractivity contribution < 1.29 is 4.79 Å². The Morgan fingerprint density at radius 1 is 1.45 bits per heavy atom. The van der Waals surface area contributed by atoms with E-state index in [0.29, 0.717) is 0 Å². The van der Waals surface area contributed by atoms with E-state index >= 15 is 0 Å². The van der Waals surface area contributed by atoms with Crippen LogP contribution in [0.15, 0.2) is 0 Å². The summed E-state index contributed by atoms with van der Waals surface area (Å²) >= 11 is 0. The molecule has 0 saturated carbocycles. The van der Waals surface area contributed by atoms with Crippen LogP contribution < -0.4 is 10.6 Å². The van der Waals surface area contributed by atoms with E-state index in [2.05, 4.69) is 17.6 Å². The predicted octanol–water partition coefficient (Wildman–Crippen LogP) is 0.858. The monoisotopic (exact) mass is 158 g/mol. The fraction of sp³-hybridized carbons (Fsp3) is 0.875. The Hall–Kier alpha value is -0.570. The predicted molar refractivity (Wildman–Crippen MR) is 46.2 cm³/mol. The van der Waals surface area contributed by atoms with Crippen LogP contribution in [-0.2, 0) is 4.79 Å². The molecule has 1 unspecified atom stereocenters. The molecule has 0 aromatic heterocycles. The van der Waals surface area contributed by atoms with Crippen molar-refractivity contribution in [3.05, 3.63) is 0 Å². The van der Waals surface area contributed by atoms with Crippen LogP contribution in [0.2, 0.25) is 0 Å². The zero-order valence-corrected chi connectivity index (χ0v) is 7.39. The minimum absolute atomic E-state index is 0.152. The lowest BCUT2D eigenvalue weighted by Crippen LogP contribution is -2.41. The Labute approximate surface area is 68.6 Å². The molecule has 0 saturated heterocycles. The highest BCUT2D eigenvalue weighted by atomic mass is 16.1. The van der Waals surface area contributed by atoms with E-state index in [4.69, 9.17) is 0 Å². The molecule has 0 aliphatic carbocycles. The van der Waals surface area contributed by atoms with Gasteiger partial charge in [0.15, 0.2) is 0 Å². The molecule has 1 amide bonds. The molecule has 3 nitrogen and oxygen atoms in total. The first-order valence-corrected chi connectivity index (χ1v) is 4.28. The standard InChI is InChI=1S/C8H18N2O/c1-3-5-6-9-8(4-2)10-7-11/h7-9H,3-6H2,1-2H3,(H,10,11). The van der Waals surface area contributed by atoms with Crippen LogP contribution in [0.5, 0.6) is 0 Å². The summed E-state index contributed by atoms with van der Waals surface area (Å²) in [5.41, 5.74) is 0. The lowest BCUT2D eigenvalue weighted by Gasteiger charge is -2.14. The first kappa shape index (κ1) is 10.4. The smallest absolute Gasteiger partial charge is 0.208 e. The van der Waals surface area contributed by atoms with Crippen molar-refractivity contribution in [3.8, 4) is 0 Å². The third-order valence-corrected chi connectivity index (χ3v) is 1.60. The maximum atomic E-state index is 10.1. The summed E-state index contributed by atoms with van der Waals surface area (Å²) in [4.78, 5) is 10.1. The molecular formula is C8H18N2O. The lowest BCUT2D eigenvalue weighted by atomic mass is 10.3. The summed E-state index contributed by atoms with van der Waals surface area (Å²) in [5.74, 6) is 0. The molecule has 0 heterocycles. The molecule has 0 aliphatic rings. The van der Waals surface area contributed by atoms with Crippen molar-refractivity contribution in [3.63, 3.8) is 0 Å². The van der Waals surface area contributed by atoms with Gasteiger partial charge in [-0.2, -0.15) is 0 Å². The number of nitrogens with one attached hydrogen (secondary N) is 2. The van der Waals surface area contributed by atoms with Crippen LogP contribution in [0.25, 0.3) is 0 Å². The average Bonchev–Trinajstić information content (AvgIpc) is 2.03. The Morgan fingerprint density at radius 3 is 2.64 bits per heavy atom. The molecule has 3 heteroatoms. The largest absolute Gasteiger partial charge is 0.343 e. The van der Waals surface area contributed by atoms with Gasteiger partial charge in [-0.15, -0.1) is 0 Å². The topological polar surface area (TPSA) is 41.1 Å². The van der Waals surface area contributed by atoms with Gasteiger partial charge in [0.2, 0.25) is 6.41 Å². The Balaban J connectivity index is 3.27. The van der Waals surface area contributed by atoms with Crippen LogP contribution in [-0.4, -0.2) is 19.1 Å². The molecule has 0 aromatic carbocycles. The number of amides is 1. The van der Waals surface area contributed by atoms with Gasteiger partial charge in [-0.3, -0.25) is 10.1 Å². The second-order valence-electron chi connectivity index (χ2n) is 2.55. The van der Waals surface area contributed by atoms with Crippen molar-refractivity contribution in [2.75, 3.05) is 6.54 Å². The normalized spacial score (nSPS) is 12.5. The summed E-state index contributed by atoms with van der Waals surface area (Å²) in [6, 6.07) is 0. The number of unbranched alkanes of at least 4 members (excludes halogenated alkanes) is 1. The van der Waals surface area contributed by atoms with Crippen LogP contribution in [0.3, 0.4) is 0 Å². The summed E-state index contributed by atoms with van der Waals surface area (Å²) in [7, 11) is 0. The van der Waals surface area contributed by atoms with E-state index in [0.717, 1.165) is 25.8 Å². The van der Waals surface area contributed by atoms with Gasteiger partial charge < -0.3 is 5.32 Å². The SMILES string of the molecule is CCCCNC(CC)NC=O. The van der Waals surface area contributed by atoms with Gasteiger partial charge in [0.1, 0.15) is 0 Å². The summed E-state index contributed by atoms with van der Waals surface area (Å²) in [5, 5.41) is 5.93. The van der Waals surface area contributed by atoms with Crippen molar-refractivity contribution in [2.45, 2.75) is 39.3 Å². The van der Waals surface area contributed by atoms with Gasteiger partial charge in [-0.1, -0.05) is 20.3 Å². The molecule has 1 atom stereocenters. The summed E-state index contributed by atoms with van der Waals surface area (Å²) < 4.78 is 0. The minimum atomic E-state index is 0.152. The van der Waals surface area contributed by atoms with E-state index in [1.807, 2.05) is 6.92 Å². The van der Waals surface area contributed by atoms with E-state index in [1.54, 1.807) is 0 Å². The van der Waals surface area contributed by atoms with Gasteiger partial charge in [0.05, 0.1) is 6.17 Å². The Morgan fingerprint density at radius 2 is 2.18 bits per heavy atom. The average molecular weight is 158 g/mol. The van der Waals surface area contributed by atoms with Gasteiger partial charge in [0.25, 0.3) is 0 Å². The number of carbonyl (C=O) groups excluding carboxylic acids is 1. The zero-order chi connectivity index (χ0) is 8.53. The van der Waals surface area contributed by atoms with Crippen molar-refractivity contribution in [2.24, 2.45) is 0 Å². The quantitative estimate of drug-likeness (QED) is 0.328. The van der Waals surface area contributed by atoms with Crippen LogP contribution >= 0.6 is 0 Å². The van der Waals surface area contributed by atoms with E-state index in [9.17, 15) is 4.79 Å².